The predicted octanol–water partition coefficient (Wildman–Crippen LogP) is 2.76. The normalized spacial score (nSPS) is 15.7. The van der Waals surface area contributed by atoms with Crippen molar-refractivity contribution in [3.8, 4) is 0 Å². The SMILES string of the molecule is CCCNCCC(C)(O)c1cnc(C(F)(F)F)s1. The Morgan fingerprint density at radius 2 is 2.06 bits per heavy atom. The molecule has 0 aromatic carbocycles. The summed E-state index contributed by atoms with van der Waals surface area (Å²) in [6, 6.07) is 0. The second-order valence-corrected chi connectivity index (χ2v) is 5.33. The molecule has 18 heavy (non-hydrogen) atoms. The maximum Gasteiger partial charge on any atom is 0.443 e. The summed E-state index contributed by atoms with van der Waals surface area (Å²) in [4.78, 5) is 3.55. The minimum atomic E-state index is -4.44. The molecule has 0 bridgehead atoms. The molecule has 3 nitrogen and oxygen atoms in total. The van der Waals surface area contributed by atoms with Crippen molar-refractivity contribution < 1.29 is 18.3 Å². The van der Waals surface area contributed by atoms with Gasteiger partial charge in [0.05, 0.1) is 10.5 Å². The average Bonchev–Trinajstić information content (AvgIpc) is 2.73. The lowest BCUT2D eigenvalue weighted by atomic mass is 10.0. The molecule has 7 heteroatoms. The van der Waals surface area contributed by atoms with E-state index in [1.54, 1.807) is 0 Å². The number of alkyl halides is 3. The average molecular weight is 282 g/mol. The van der Waals surface area contributed by atoms with E-state index in [0.717, 1.165) is 19.2 Å². The number of nitrogens with zero attached hydrogens (tertiary/aromatic N) is 1. The number of nitrogens with one attached hydrogen (secondary N) is 1. The molecule has 1 aromatic heterocycles. The third-order valence-corrected chi connectivity index (χ3v) is 3.79. The first-order chi connectivity index (χ1) is 8.27. The van der Waals surface area contributed by atoms with Gasteiger partial charge in [0.15, 0.2) is 5.01 Å². The smallest absolute Gasteiger partial charge is 0.385 e. The van der Waals surface area contributed by atoms with E-state index in [9.17, 15) is 18.3 Å². The van der Waals surface area contributed by atoms with Gasteiger partial charge in [0.2, 0.25) is 0 Å². The second-order valence-electron chi connectivity index (χ2n) is 4.30. The standard InChI is InChI=1S/C11H17F3N2OS/c1-3-5-15-6-4-10(2,17)8-7-16-9(18-8)11(12,13)14/h7,15,17H,3-6H2,1-2H3. The fraction of sp³-hybridized carbons (Fsp3) is 0.727. The Kier molecular flexibility index (Phi) is 5.12. The van der Waals surface area contributed by atoms with Crippen molar-refractivity contribution in [1.29, 1.82) is 0 Å². The van der Waals surface area contributed by atoms with Crippen LogP contribution in [0.15, 0.2) is 6.20 Å². The number of halogens is 3. The van der Waals surface area contributed by atoms with Crippen LogP contribution in [0.1, 0.15) is 36.6 Å². The van der Waals surface area contributed by atoms with E-state index in [4.69, 9.17) is 0 Å². The summed E-state index contributed by atoms with van der Waals surface area (Å²) in [6.07, 6.45) is -2.01. The predicted molar refractivity (Wildman–Crippen MR) is 64.5 cm³/mol. The van der Waals surface area contributed by atoms with Crippen LogP contribution in [-0.4, -0.2) is 23.2 Å². The van der Waals surface area contributed by atoms with Crippen LogP contribution in [-0.2, 0) is 11.8 Å². The Bertz CT molecular complexity index is 377. The van der Waals surface area contributed by atoms with Crippen LogP contribution in [0.2, 0.25) is 0 Å². The van der Waals surface area contributed by atoms with Gasteiger partial charge in [0.1, 0.15) is 0 Å². The van der Waals surface area contributed by atoms with Gasteiger partial charge in [0.25, 0.3) is 0 Å². The van der Waals surface area contributed by atoms with Crippen LogP contribution < -0.4 is 5.32 Å². The molecule has 1 atom stereocenters. The van der Waals surface area contributed by atoms with Gasteiger partial charge in [-0.05, 0) is 32.9 Å². The maximum atomic E-state index is 12.4. The van der Waals surface area contributed by atoms with E-state index < -0.39 is 16.8 Å². The summed E-state index contributed by atoms with van der Waals surface area (Å²) in [6.45, 7) is 4.91. The molecule has 1 aromatic rings. The first kappa shape index (κ1) is 15.4. The van der Waals surface area contributed by atoms with Gasteiger partial charge in [-0.25, -0.2) is 4.98 Å². The highest BCUT2D eigenvalue weighted by atomic mass is 32.1. The van der Waals surface area contributed by atoms with Crippen molar-refractivity contribution in [2.75, 3.05) is 13.1 Å². The number of hydrogen-bond acceptors (Lipinski definition) is 4. The summed E-state index contributed by atoms with van der Waals surface area (Å²) < 4.78 is 37.2. The fourth-order valence-electron chi connectivity index (χ4n) is 1.41. The molecule has 1 rings (SSSR count). The van der Waals surface area contributed by atoms with Crippen molar-refractivity contribution in [2.24, 2.45) is 0 Å². The number of rotatable bonds is 6. The Morgan fingerprint density at radius 3 is 2.56 bits per heavy atom. The molecule has 0 aliphatic carbocycles. The molecule has 0 radical (unpaired) electrons. The molecule has 0 saturated carbocycles. The van der Waals surface area contributed by atoms with Crippen LogP contribution in [0.5, 0.6) is 0 Å². The minimum Gasteiger partial charge on any atom is -0.385 e. The van der Waals surface area contributed by atoms with Crippen molar-refractivity contribution in [1.82, 2.24) is 10.3 Å². The van der Waals surface area contributed by atoms with E-state index in [-0.39, 0.29) is 4.88 Å². The van der Waals surface area contributed by atoms with E-state index >= 15 is 0 Å². The molecule has 0 saturated heterocycles. The van der Waals surface area contributed by atoms with E-state index in [2.05, 4.69) is 10.3 Å². The summed E-state index contributed by atoms with van der Waals surface area (Å²) in [5.41, 5.74) is -1.28. The van der Waals surface area contributed by atoms with Crippen molar-refractivity contribution in [3.63, 3.8) is 0 Å². The van der Waals surface area contributed by atoms with Crippen LogP contribution in [0, 0.1) is 0 Å². The van der Waals surface area contributed by atoms with Crippen molar-refractivity contribution >= 4 is 11.3 Å². The van der Waals surface area contributed by atoms with E-state index in [1.165, 1.54) is 6.92 Å². The molecule has 0 fully saturated rings. The largest absolute Gasteiger partial charge is 0.443 e. The molecule has 2 N–H and O–H groups in total. The van der Waals surface area contributed by atoms with Crippen LogP contribution >= 0.6 is 11.3 Å². The first-order valence-electron chi connectivity index (χ1n) is 5.74. The van der Waals surface area contributed by atoms with Gasteiger partial charge in [-0.15, -0.1) is 11.3 Å². The van der Waals surface area contributed by atoms with Gasteiger partial charge in [-0.3, -0.25) is 0 Å². The van der Waals surface area contributed by atoms with Gasteiger partial charge in [-0.1, -0.05) is 6.92 Å². The monoisotopic (exact) mass is 282 g/mol. The number of aromatic nitrogens is 1. The number of aliphatic hydroxyl groups is 1. The summed E-state index contributed by atoms with van der Waals surface area (Å²) in [5.74, 6) is 0. The lowest BCUT2D eigenvalue weighted by Crippen LogP contribution is -2.27. The minimum absolute atomic E-state index is 0.244. The lowest BCUT2D eigenvalue weighted by molar-refractivity contribution is -0.137. The molecule has 0 amide bonds. The summed E-state index contributed by atoms with van der Waals surface area (Å²) in [7, 11) is 0. The first-order valence-corrected chi connectivity index (χ1v) is 6.55. The highest BCUT2D eigenvalue weighted by Crippen LogP contribution is 2.36. The third-order valence-electron chi connectivity index (χ3n) is 2.49. The molecule has 1 heterocycles. The second kappa shape index (κ2) is 5.99. The Balaban J connectivity index is 2.64. The fourth-order valence-corrected chi connectivity index (χ4v) is 2.27. The zero-order valence-corrected chi connectivity index (χ0v) is 11.2. The van der Waals surface area contributed by atoms with E-state index in [0.29, 0.717) is 24.3 Å². The molecular formula is C11H17F3N2OS. The molecule has 1 unspecified atom stereocenters. The summed E-state index contributed by atoms with van der Waals surface area (Å²) >= 11 is 0.497. The van der Waals surface area contributed by atoms with Crippen LogP contribution in [0.3, 0.4) is 0 Å². The van der Waals surface area contributed by atoms with E-state index in [1.807, 2.05) is 6.92 Å². The van der Waals surface area contributed by atoms with Crippen LogP contribution in [0.4, 0.5) is 13.2 Å². The molecule has 0 aliphatic rings. The maximum absolute atomic E-state index is 12.4. The Labute approximate surface area is 108 Å². The molecule has 0 spiro atoms. The zero-order chi connectivity index (χ0) is 13.8. The quantitative estimate of drug-likeness (QED) is 0.789. The molecule has 104 valence electrons. The van der Waals surface area contributed by atoms with Gasteiger partial charge in [0, 0.05) is 6.20 Å². The molecular weight excluding hydrogens is 265 g/mol. The van der Waals surface area contributed by atoms with Gasteiger partial charge < -0.3 is 10.4 Å². The Hall–Kier alpha value is -0.660. The third kappa shape index (κ3) is 4.22. The van der Waals surface area contributed by atoms with Gasteiger partial charge in [-0.2, -0.15) is 13.2 Å². The topological polar surface area (TPSA) is 45.1 Å². The number of hydrogen-bond donors (Lipinski definition) is 2. The van der Waals surface area contributed by atoms with Crippen molar-refractivity contribution in [2.45, 2.75) is 38.5 Å². The van der Waals surface area contributed by atoms with Gasteiger partial charge >= 0.3 is 6.18 Å². The van der Waals surface area contributed by atoms with Crippen molar-refractivity contribution in [3.05, 3.63) is 16.1 Å². The molecule has 0 aliphatic heterocycles. The highest BCUT2D eigenvalue weighted by molar-refractivity contribution is 7.11. The highest BCUT2D eigenvalue weighted by Gasteiger charge is 2.36. The zero-order valence-electron chi connectivity index (χ0n) is 10.3. The lowest BCUT2D eigenvalue weighted by Gasteiger charge is -2.21. The Morgan fingerprint density at radius 1 is 1.39 bits per heavy atom. The number of thiazole rings is 1. The summed E-state index contributed by atoms with van der Waals surface area (Å²) in [5, 5.41) is 12.3. The van der Waals surface area contributed by atoms with Crippen LogP contribution in [0.25, 0.3) is 0 Å².